The molecule has 0 bridgehead atoms. The molecule has 0 saturated heterocycles. The molecular formula is C17H16N2O3. The van der Waals surface area contributed by atoms with E-state index in [0.29, 0.717) is 23.8 Å². The highest BCUT2D eigenvalue weighted by Crippen LogP contribution is 2.19. The van der Waals surface area contributed by atoms with E-state index < -0.39 is 5.97 Å². The van der Waals surface area contributed by atoms with Crippen molar-refractivity contribution in [2.45, 2.75) is 26.2 Å². The summed E-state index contributed by atoms with van der Waals surface area (Å²) in [5, 5.41) is 10.4. The number of aryl methyl sites for hydroxylation is 1. The van der Waals surface area contributed by atoms with Crippen molar-refractivity contribution in [3.63, 3.8) is 0 Å². The first kappa shape index (κ1) is 14.3. The predicted octanol–water partition coefficient (Wildman–Crippen LogP) is 0.894. The Morgan fingerprint density at radius 3 is 2.86 bits per heavy atom. The van der Waals surface area contributed by atoms with Crippen LogP contribution in [0.3, 0.4) is 0 Å². The van der Waals surface area contributed by atoms with Crippen LogP contribution in [0.15, 0.2) is 35.5 Å². The van der Waals surface area contributed by atoms with Crippen molar-refractivity contribution in [3.8, 4) is 0 Å². The molecule has 1 amide bonds. The Balaban J connectivity index is 1.97. The number of H-pyrrole nitrogens is 1. The fourth-order valence-corrected chi connectivity index (χ4v) is 2.81. The van der Waals surface area contributed by atoms with Gasteiger partial charge in [-0.3, -0.25) is 9.59 Å². The van der Waals surface area contributed by atoms with Gasteiger partial charge in [-0.1, -0.05) is 18.2 Å². The van der Waals surface area contributed by atoms with E-state index in [1.165, 1.54) is 0 Å². The molecule has 2 aromatic rings. The van der Waals surface area contributed by atoms with Crippen molar-refractivity contribution in [3.05, 3.63) is 57.9 Å². The molecule has 1 aromatic carbocycles. The molecule has 0 saturated carbocycles. The first-order valence-corrected chi connectivity index (χ1v) is 7.15. The molecule has 0 aliphatic carbocycles. The first-order chi connectivity index (χ1) is 10.6. The third-order valence-electron chi connectivity index (χ3n) is 3.95. The lowest BCUT2D eigenvalue weighted by atomic mass is 10.0. The number of carbonyl (C=O) groups excluding carboxylic acids is 1. The Morgan fingerprint density at radius 2 is 2.09 bits per heavy atom. The largest absolute Gasteiger partial charge is 0.481 e. The van der Waals surface area contributed by atoms with Crippen molar-refractivity contribution in [2.24, 2.45) is 4.99 Å². The Kier molecular flexibility index (Phi) is 3.63. The number of aromatic nitrogens is 1. The van der Waals surface area contributed by atoms with Crippen LogP contribution >= 0.6 is 0 Å². The van der Waals surface area contributed by atoms with E-state index in [9.17, 15) is 9.59 Å². The smallest absolute Gasteiger partial charge is 0.303 e. The second-order valence-electron chi connectivity index (χ2n) is 5.41. The number of aromatic amines is 1. The molecule has 1 aromatic heterocycles. The minimum absolute atomic E-state index is 0.0793. The fourth-order valence-electron chi connectivity index (χ4n) is 2.81. The molecule has 0 radical (unpaired) electrons. The third kappa shape index (κ3) is 2.57. The van der Waals surface area contributed by atoms with Crippen LogP contribution in [0.2, 0.25) is 0 Å². The van der Waals surface area contributed by atoms with Crippen LogP contribution in [-0.4, -0.2) is 22.0 Å². The maximum Gasteiger partial charge on any atom is 0.303 e. The van der Waals surface area contributed by atoms with Crippen LogP contribution in [0.25, 0.3) is 5.57 Å². The molecule has 1 aliphatic heterocycles. The zero-order valence-electron chi connectivity index (χ0n) is 12.2. The number of fused-ring (bicyclic) bond motifs is 1. The Morgan fingerprint density at radius 1 is 1.32 bits per heavy atom. The van der Waals surface area contributed by atoms with Crippen molar-refractivity contribution in [1.82, 2.24) is 4.98 Å². The van der Waals surface area contributed by atoms with E-state index in [-0.39, 0.29) is 12.3 Å². The fraction of sp³-hybridized carbons (Fsp3) is 0.235. The maximum absolute atomic E-state index is 12.1. The highest BCUT2D eigenvalue weighted by atomic mass is 16.4. The molecule has 1 aliphatic rings. The minimum Gasteiger partial charge on any atom is -0.481 e. The Labute approximate surface area is 127 Å². The number of carboxylic acid groups (broad SMARTS) is 1. The van der Waals surface area contributed by atoms with Crippen LogP contribution in [0.4, 0.5) is 0 Å². The summed E-state index contributed by atoms with van der Waals surface area (Å²) in [4.78, 5) is 30.1. The van der Waals surface area contributed by atoms with Gasteiger partial charge in [0.15, 0.2) is 0 Å². The van der Waals surface area contributed by atoms with Crippen LogP contribution in [-0.2, 0) is 22.4 Å². The van der Waals surface area contributed by atoms with Crippen LogP contribution in [0.1, 0.15) is 23.2 Å². The Hall–Kier alpha value is -2.69. The van der Waals surface area contributed by atoms with Gasteiger partial charge in [0.25, 0.3) is 5.91 Å². The standard InChI is InChI=1S/C17H16N2O3/c1-10-9-18-15(11(10)6-7-16(20)21)8-13-12-4-2-3-5-14(12)19-17(13)22/h2-5,9,18H,6-8H2,1H3,(H,20,21). The van der Waals surface area contributed by atoms with Crippen molar-refractivity contribution < 1.29 is 14.7 Å². The topological polar surface area (TPSA) is 82.5 Å². The van der Waals surface area contributed by atoms with Gasteiger partial charge >= 0.3 is 5.97 Å². The van der Waals surface area contributed by atoms with Crippen LogP contribution in [0.5, 0.6) is 0 Å². The number of amides is 1. The van der Waals surface area contributed by atoms with Gasteiger partial charge < -0.3 is 10.1 Å². The van der Waals surface area contributed by atoms with E-state index in [1.54, 1.807) is 0 Å². The summed E-state index contributed by atoms with van der Waals surface area (Å²) in [6, 6.07) is 7.46. The normalized spacial score (nSPS) is 13.1. The van der Waals surface area contributed by atoms with Crippen LogP contribution in [0, 0.1) is 6.92 Å². The second-order valence-corrected chi connectivity index (χ2v) is 5.41. The number of aliphatic carboxylic acids is 1. The van der Waals surface area contributed by atoms with Crippen molar-refractivity contribution >= 4 is 17.4 Å². The summed E-state index contributed by atoms with van der Waals surface area (Å²) in [5.74, 6) is -1.03. The zero-order chi connectivity index (χ0) is 15.7. The molecule has 5 nitrogen and oxygen atoms in total. The SMILES string of the molecule is Cc1c[nH]c(CC2=c3ccccc3=NC2=O)c1CCC(=O)O. The zero-order valence-corrected chi connectivity index (χ0v) is 12.2. The number of hydrogen-bond acceptors (Lipinski definition) is 2. The molecule has 22 heavy (non-hydrogen) atoms. The first-order valence-electron chi connectivity index (χ1n) is 7.15. The van der Waals surface area contributed by atoms with Crippen molar-refractivity contribution in [2.75, 3.05) is 0 Å². The molecule has 5 heteroatoms. The number of nitrogens with zero attached hydrogens (tertiary/aromatic N) is 1. The highest BCUT2D eigenvalue weighted by Gasteiger charge is 2.19. The number of hydrogen-bond donors (Lipinski definition) is 2. The predicted molar refractivity (Wildman–Crippen MR) is 80.8 cm³/mol. The average molecular weight is 296 g/mol. The minimum atomic E-state index is -0.823. The molecule has 2 N–H and O–H groups in total. The summed E-state index contributed by atoms with van der Waals surface area (Å²) in [5.41, 5.74) is 3.56. The van der Waals surface area contributed by atoms with E-state index in [2.05, 4.69) is 9.98 Å². The average Bonchev–Trinajstić information content (AvgIpc) is 2.98. The van der Waals surface area contributed by atoms with E-state index in [1.807, 2.05) is 37.4 Å². The summed E-state index contributed by atoms with van der Waals surface area (Å²) < 4.78 is 0. The van der Waals surface area contributed by atoms with Gasteiger partial charge in [0.2, 0.25) is 0 Å². The number of rotatable bonds is 5. The van der Waals surface area contributed by atoms with Gasteiger partial charge in [-0.15, -0.1) is 0 Å². The van der Waals surface area contributed by atoms with Gasteiger partial charge in [0, 0.05) is 35.5 Å². The van der Waals surface area contributed by atoms with Crippen molar-refractivity contribution in [1.29, 1.82) is 0 Å². The molecule has 3 rings (SSSR count). The quantitative estimate of drug-likeness (QED) is 0.859. The number of carbonyl (C=O) groups is 2. The number of para-hydroxylation sites is 1. The van der Waals surface area contributed by atoms with E-state index in [0.717, 1.165) is 22.0 Å². The third-order valence-corrected chi connectivity index (χ3v) is 3.95. The maximum atomic E-state index is 12.1. The number of benzene rings is 1. The summed E-state index contributed by atoms with van der Waals surface area (Å²) in [6.07, 6.45) is 2.84. The lowest BCUT2D eigenvalue weighted by Gasteiger charge is -2.05. The van der Waals surface area contributed by atoms with Crippen LogP contribution < -0.4 is 10.6 Å². The monoisotopic (exact) mass is 296 g/mol. The second kappa shape index (κ2) is 5.60. The Bertz CT molecular complexity index is 878. The lowest BCUT2D eigenvalue weighted by Crippen LogP contribution is -2.22. The highest BCUT2D eigenvalue weighted by molar-refractivity contribution is 6.15. The van der Waals surface area contributed by atoms with Gasteiger partial charge in [-0.2, -0.15) is 0 Å². The molecular weight excluding hydrogens is 280 g/mol. The van der Waals surface area contributed by atoms with E-state index in [4.69, 9.17) is 5.11 Å². The lowest BCUT2D eigenvalue weighted by molar-refractivity contribution is -0.137. The summed E-state index contributed by atoms with van der Waals surface area (Å²) >= 11 is 0. The van der Waals surface area contributed by atoms with Gasteiger partial charge in [-0.05, 0) is 30.5 Å². The summed E-state index contributed by atoms with van der Waals surface area (Å²) in [6.45, 7) is 1.94. The molecule has 0 atom stereocenters. The van der Waals surface area contributed by atoms with Gasteiger partial charge in [-0.25, -0.2) is 4.99 Å². The molecule has 112 valence electrons. The molecule has 2 heterocycles. The van der Waals surface area contributed by atoms with Gasteiger partial charge in [0.05, 0.1) is 5.36 Å². The number of carboxylic acids is 1. The summed E-state index contributed by atoms with van der Waals surface area (Å²) in [7, 11) is 0. The number of nitrogens with one attached hydrogen (secondary N) is 1. The molecule has 0 unspecified atom stereocenters. The molecule has 0 spiro atoms. The van der Waals surface area contributed by atoms with E-state index >= 15 is 0 Å². The van der Waals surface area contributed by atoms with Gasteiger partial charge in [0.1, 0.15) is 0 Å². The molecule has 0 fully saturated rings.